The van der Waals surface area contributed by atoms with E-state index in [4.69, 9.17) is 14.6 Å². The summed E-state index contributed by atoms with van der Waals surface area (Å²) < 4.78 is 12.8. The Hall–Kier alpha value is 0.314. The van der Waals surface area contributed by atoms with Gasteiger partial charge in [-0.1, -0.05) is 41.5 Å². The molecule has 1 aliphatic carbocycles. The minimum atomic E-state index is -1.69. The first-order valence-electron chi connectivity index (χ1n) is 9.12. The first kappa shape index (κ1) is 21.4. The fourth-order valence-electron chi connectivity index (χ4n) is 2.36. The third-order valence-electron chi connectivity index (χ3n) is 6.64. The van der Waals surface area contributed by atoms with Crippen LogP contribution in [0.4, 0.5) is 0 Å². The van der Waals surface area contributed by atoms with Gasteiger partial charge in [0.1, 0.15) is 0 Å². The van der Waals surface area contributed by atoms with Crippen LogP contribution in [0.3, 0.4) is 0 Å². The predicted octanol–water partition coefficient (Wildman–Crippen LogP) is 4.99. The van der Waals surface area contributed by atoms with E-state index in [1.165, 1.54) is 0 Å². The van der Waals surface area contributed by atoms with Crippen molar-refractivity contribution in [1.82, 2.24) is 0 Å². The van der Waals surface area contributed by atoms with Gasteiger partial charge in [0.15, 0.2) is 16.6 Å². The van der Waals surface area contributed by atoms with Crippen molar-refractivity contribution in [1.29, 1.82) is 0 Å². The lowest BCUT2D eigenvalue weighted by Crippen LogP contribution is -2.55. The van der Waals surface area contributed by atoms with E-state index in [0.29, 0.717) is 11.8 Å². The fourth-order valence-corrected chi connectivity index (χ4v) is 4.46. The summed E-state index contributed by atoms with van der Waals surface area (Å²) in [4.78, 5) is 0. The molecule has 0 aliphatic heterocycles. The van der Waals surface area contributed by atoms with E-state index >= 15 is 0 Å². The molecule has 0 heterocycles. The van der Waals surface area contributed by atoms with E-state index < -0.39 is 16.6 Å². The molecule has 1 saturated carbocycles. The largest absolute Gasteiger partial charge is 0.417 e. The van der Waals surface area contributed by atoms with Crippen LogP contribution in [0.2, 0.25) is 36.3 Å². The van der Waals surface area contributed by atoms with Gasteiger partial charge in [-0.25, -0.2) is 0 Å². The molecular weight excluding hydrogens is 318 g/mol. The van der Waals surface area contributed by atoms with Crippen molar-refractivity contribution < 1.29 is 8.85 Å². The van der Waals surface area contributed by atoms with E-state index in [-0.39, 0.29) is 16.1 Å². The summed E-state index contributed by atoms with van der Waals surface area (Å²) >= 11 is 0. The van der Waals surface area contributed by atoms with Crippen molar-refractivity contribution in [3.05, 3.63) is 0 Å². The highest BCUT2D eigenvalue weighted by Crippen LogP contribution is 2.41. The van der Waals surface area contributed by atoms with Gasteiger partial charge in [-0.15, -0.1) is 0 Å². The summed E-state index contributed by atoms with van der Waals surface area (Å²) in [5, 5.41) is 0.528. The zero-order valence-electron chi connectivity index (χ0n) is 17.2. The van der Waals surface area contributed by atoms with E-state index in [9.17, 15) is 0 Å². The van der Waals surface area contributed by atoms with Gasteiger partial charge in [-0.3, -0.25) is 0 Å². The lowest BCUT2D eigenvalue weighted by atomic mass is 9.70. The van der Waals surface area contributed by atoms with Gasteiger partial charge in [0.05, 0.1) is 0 Å². The quantitative estimate of drug-likeness (QED) is 0.679. The van der Waals surface area contributed by atoms with E-state index in [2.05, 4.69) is 67.7 Å². The van der Waals surface area contributed by atoms with E-state index in [1.54, 1.807) is 0 Å². The third kappa shape index (κ3) is 5.14. The number of hydrogen-bond donors (Lipinski definition) is 1. The average molecular weight is 360 g/mol. The molecule has 23 heavy (non-hydrogen) atoms. The lowest BCUT2D eigenvalue weighted by Gasteiger charge is -2.47. The monoisotopic (exact) mass is 359 g/mol. The van der Waals surface area contributed by atoms with Crippen LogP contribution in [0, 0.1) is 11.8 Å². The Labute approximate surface area is 147 Å². The van der Waals surface area contributed by atoms with Crippen molar-refractivity contribution in [2.45, 2.75) is 90.3 Å². The minimum absolute atomic E-state index is 0.258. The van der Waals surface area contributed by atoms with Crippen LogP contribution in [0.25, 0.3) is 0 Å². The molecule has 0 aromatic rings. The molecule has 0 spiro atoms. The smallest absolute Gasteiger partial charge is 0.191 e. The maximum Gasteiger partial charge on any atom is 0.191 e. The molecule has 0 saturated heterocycles. The van der Waals surface area contributed by atoms with Crippen LogP contribution >= 0.6 is 0 Å². The number of hydrogen-bond acceptors (Lipinski definition) is 3. The first-order chi connectivity index (χ1) is 10.1. The first-order valence-corrected chi connectivity index (χ1v) is 14.9. The van der Waals surface area contributed by atoms with Crippen LogP contribution in [0.5, 0.6) is 0 Å². The Morgan fingerprint density at radius 3 is 1.57 bits per heavy atom. The second-order valence-corrected chi connectivity index (χ2v) is 20.1. The van der Waals surface area contributed by atoms with Gasteiger partial charge < -0.3 is 14.6 Å². The summed E-state index contributed by atoms with van der Waals surface area (Å²) in [7, 11) is -3.35. The van der Waals surface area contributed by atoms with E-state index in [0.717, 1.165) is 19.6 Å². The van der Waals surface area contributed by atoms with Crippen LogP contribution < -0.4 is 5.73 Å². The van der Waals surface area contributed by atoms with Gasteiger partial charge >= 0.3 is 0 Å². The van der Waals surface area contributed by atoms with Gasteiger partial charge in [0.2, 0.25) is 0 Å². The lowest BCUT2D eigenvalue weighted by molar-refractivity contribution is 0.0323. The molecule has 3 nitrogen and oxygen atoms in total. The molecule has 0 amide bonds. The summed E-state index contributed by atoms with van der Waals surface area (Å²) in [5.74, 6) is 1.04. The van der Waals surface area contributed by atoms with Crippen molar-refractivity contribution in [2.75, 3.05) is 13.2 Å². The highest BCUT2D eigenvalue weighted by atomic mass is 28.4. The zero-order valence-corrected chi connectivity index (χ0v) is 19.2. The molecule has 0 aromatic heterocycles. The maximum atomic E-state index is 6.41. The summed E-state index contributed by atoms with van der Waals surface area (Å²) in [5.41, 5.74) is 6.27. The number of nitrogens with two attached hydrogens (primary N) is 1. The molecule has 1 rings (SSSR count). The van der Waals surface area contributed by atoms with Gasteiger partial charge in [0.25, 0.3) is 0 Å². The molecule has 138 valence electrons. The second-order valence-electron chi connectivity index (χ2n) is 10.5. The molecule has 0 unspecified atom stereocenters. The topological polar surface area (TPSA) is 44.5 Å². The molecule has 1 fully saturated rings. The van der Waals surface area contributed by atoms with Crippen LogP contribution in [-0.4, -0.2) is 35.9 Å². The van der Waals surface area contributed by atoms with Crippen molar-refractivity contribution in [3.63, 3.8) is 0 Å². The molecule has 0 aromatic carbocycles. The Kier molecular flexibility index (Phi) is 6.41. The fraction of sp³-hybridized carbons (Fsp3) is 1.00. The van der Waals surface area contributed by atoms with E-state index in [1.807, 2.05) is 0 Å². The third-order valence-corrected chi connectivity index (χ3v) is 15.6. The van der Waals surface area contributed by atoms with Crippen LogP contribution in [0.1, 0.15) is 48.0 Å². The van der Waals surface area contributed by atoms with Crippen LogP contribution in [0.15, 0.2) is 0 Å². The Morgan fingerprint density at radius 2 is 1.22 bits per heavy atom. The second kappa shape index (κ2) is 6.91. The molecule has 3 atom stereocenters. The Morgan fingerprint density at radius 1 is 0.826 bits per heavy atom. The normalized spacial score (nSPS) is 27.0. The predicted molar refractivity (Wildman–Crippen MR) is 106 cm³/mol. The summed E-state index contributed by atoms with van der Waals surface area (Å²) in [6, 6.07) is 0.285. The summed E-state index contributed by atoms with van der Waals surface area (Å²) in [6.45, 7) is 24.7. The summed E-state index contributed by atoms with van der Waals surface area (Å²) in [6.07, 6.45) is 1.08. The molecule has 2 N–H and O–H groups in total. The van der Waals surface area contributed by atoms with Gasteiger partial charge in [-0.05, 0) is 48.6 Å². The standard InChI is InChI=1S/C18H41NO2Si2/c1-17(2,3)22(7,8)20-12-14-11-16(19)15(14)13-21-23(9,10)18(4,5)6/h14-16H,11-13,19H2,1-10H3/t14-,15-,16-/m1/s1. The SMILES string of the molecule is CC(C)(C)[Si](C)(C)OC[C@H]1C[C@@H](N)[C@@H]1CO[Si](C)(C)C(C)(C)C. The van der Waals surface area contributed by atoms with Crippen molar-refractivity contribution in [3.8, 4) is 0 Å². The Balaban J connectivity index is 2.55. The van der Waals surface area contributed by atoms with Crippen molar-refractivity contribution in [2.24, 2.45) is 17.6 Å². The molecule has 0 bridgehead atoms. The molecule has 1 aliphatic rings. The molecule has 5 heteroatoms. The minimum Gasteiger partial charge on any atom is -0.417 e. The maximum absolute atomic E-state index is 6.41. The average Bonchev–Trinajstić information content (AvgIpc) is 2.31. The highest BCUT2D eigenvalue weighted by Gasteiger charge is 2.44. The van der Waals surface area contributed by atoms with Crippen molar-refractivity contribution >= 4 is 16.6 Å². The Bertz CT molecular complexity index is 397. The van der Waals surface area contributed by atoms with Gasteiger partial charge in [0, 0.05) is 25.2 Å². The van der Waals surface area contributed by atoms with Crippen LogP contribution in [-0.2, 0) is 8.85 Å². The molecule has 0 radical (unpaired) electrons. The zero-order chi connectivity index (χ0) is 18.3. The number of rotatable bonds is 6. The van der Waals surface area contributed by atoms with Gasteiger partial charge in [-0.2, -0.15) is 0 Å². The highest BCUT2D eigenvalue weighted by molar-refractivity contribution is 6.74. The molecular formula is C18H41NO2Si2.